The van der Waals surface area contributed by atoms with Crippen molar-refractivity contribution in [3.05, 3.63) is 22.4 Å². The van der Waals surface area contributed by atoms with Crippen LogP contribution in [0.2, 0.25) is 0 Å². The van der Waals surface area contributed by atoms with Crippen molar-refractivity contribution in [3.8, 4) is 0 Å². The standard InChI is InChI=1S/C14H20N2S2/c1-11(10-16-5-2-3-6-16)15-9-12-8-14-13(18-12)4-7-17-14/h4,7-8,11,15H,2-3,5-6,9-10H2,1H3. The molecule has 1 aliphatic rings. The summed E-state index contributed by atoms with van der Waals surface area (Å²) in [6.45, 7) is 7.09. The van der Waals surface area contributed by atoms with Crippen molar-refractivity contribution >= 4 is 32.1 Å². The van der Waals surface area contributed by atoms with Gasteiger partial charge in [-0.15, -0.1) is 22.7 Å². The van der Waals surface area contributed by atoms with E-state index in [0.29, 0.717) is 6.04 Å². The summed E-state index contributed by atoms with van der Waals surface area (Å²) < 4.78 is 2.87. The lowest BCUT2D eigenvalue weighted by molar-refractivity contribution is 0.298. The second-order valence-electron chi connectivity index (χ2n) is 5.15. The molecule has 0 amide bonds. The molecule has 1 unspecified atom stereocenters. The third kappa shape index (κ3) is 2.94. The molecule has 0 aliphatic carbocycles. The van der Waals surface area contributed by atoms with Crippen LogP contribution in [0.4, 0.5) is 0 Å². The van der Waals surface area contributed by atoms with Crippen LogP contribution in [0.1, 0.15) is 24.6 Å². The third-order valence-electron chi connectivity index (χ3n) is 3.55. The quantitative estimate of drug-likeness (QED) is 0.901. The molecule has 1 N–H and O–H groups in total. The molecule has 1 saturated heterocycles. The van der Waals surface area contributed by atoms with E-state index >= 15 is 0 Å². The lowest BCUT2D eigenvalue weighted by Crippen LogP contribution is -2.37. The van der Waals surface area contributed by atoms with Gasteiger partial charge in [0.1, 0.15) is 0 Å². The summed E-state index contributed by atoms with van der Waals surface area (Å²) in [5, 5.41) is 5.82. The second-order valence-corrected chi connectivity index (χ2v) is 7.27. The Balaban J connectivity index is 1.49. The van der Waals surface area contributed by atoms with Crippen molar-refractivity contribution in [3.63, 3.8) is 0 Å². The molecule has 3 heterocycles. The Kier molecular flexibility index (Phi) is 3.99. The van der Waals surface area contributed by atoms with Crippen molar-refractivity contribution < 1.29 is 0 Å². The van der Waals surface area contributed by atoms with E-state index in [-0.39, 0.29) is 0 Å². The Morgan fingerprint density at radius 2 is 2.17 bits per heavy atom. The van der Waals surface area contributed by atoms with Gasteiger partial charge in [0.2, 0.25) is 0 Å². The largest absolute Gasteiger partial charge is 0.308 e. The van der Waals surface area contributed by atoms with Crippen molar-refractivity contribution in [2.75, 3.05) is 19.6 Å². The van der Waals surface area contributed by atoms with Crippen molar-refractivity contribution in [1.29, 1.82) is 0 Å². The summed E-state index contributed by atoms with van der Waals surface area (Å²) in [4.78, 5) is 4.04. The molecule has 4 heteroatoms. The van der Waals surface area contributed by atoms with Crippen LogP contribution in [0.5, 0.6) is 0 Å². The molecule has 2 nitrogen and oxygen atoms in total. The smallest absolute Gasteiger partial charge is 0.0453 e. The molecular weight excluding hydrogens is 260 g/mol. The van der Waals surface area contributed by atoms with Gasteiger partial charge in [0.05, 0.1) is 0 Å². The van der Waals surface area contributed by atoms with Gasteiger partial charge in [-0.1, -0.05) is 0 Å². The van der Waals surface area contributed by atoms with Crippen LogP contribution >= 0.6 is 22.7 Å². The monoisotopic (exact) mass is 280 g/mol. The Morgan fingerprint density at radius 1 is 1.33 bits per heavy atom. The number of thiophene rings is 2. The van der Waals surface area contributed by atoms with Gasteiger partial charge in [0.25, 0.3) is 0 Å². The fraction of sp³-hybridized carbons (Fsp3) is 0.571. The Hall–Kier alpha value is -0.420. The highest BCUT2D eigenvalue weighted by Crippen LogP contribution is 2.29. The molecule has 1 fully saturated rings. The summed E-state index contributed by atoms with van der Waals surface area (Å²) in [6.07, 6.45) is 2.77. The van der Waals surface area contributed by atoms with Crippen molar-refractivity contribution in [2.45, 2.75) is 32.4 Å². The van der Waals surface area contributed by atoms with E-state index in [1.54, 1.807) is 0 Å². The minimum Gasteiger partial charge on any atom is -0.308 e. The maximum absolute atomic E-state index is 3.65. The fourth-order valence-electron chi connectivity index (χ4n) is 2.59. The summed E-state index contributed by atoms with van der Waals surface area (Å²) >= 11 is 3.77. The van der Waals surface area contributed by atoms with Crippen LogP contribution in [-0.4, -0.2) is 30.6 Å². The lowest BCUT2D eigenvalue weighted by Gasteiger charge is -2.20. The molecule has 0 radical (unpaired) electrons. The van der Waals surface area contributed by atoms with E-state index in [1.807, 2.05) is 22.7 Å². The van der Waals surface area contributed by atoms with Gasteiger partial charge in [-0.25, -0.2) is 0 Å². The number of hydrogen-bond donors (Lipinski definition) is 1. The van der Waals surface area contributed by atoms with E-state index in [2.05, 4.69) is 34.7 Å². The fourth-order valence-corrected chi connectivity index (χ4v) is 4.68. The maximum Gasteiger partial charge on any atom is 0.0453 e. The predicted molar refractivity (Wildman–Crippen MR) is 81.7 cm³/mol. The molecule has 1 atom stereocenters. The minimum absolute atomic E-state index is 0.586. The normalized spacial score (nSPS) is 18.7. The maximum atomic E-state index is 3.65. The molecule has 1 aliphatic heterocycles. The van der Waals surface area contributed by atoms with E-state index in [4.69, 9.17) is 0 Å². The molecule has 18 heavy (non-hydrogen) atoms. The molecule has 0 aromatic carbocycles. The average Bonchev–Trinajstić information content (AvgIpc) is 3.01. The highest BCUT2D eigenvalue weighted by molar-refractivity contribution is 7.26. The van der Waals surface area contributed by atoms with Crippen LogP contribution in [-0.2, 0) is 6.54 Å². The molecule has 3 rings (SSSR count). The van der Waals surface area contributed by atoms with Crippen LogP contribution < -0.4 is 5.32 Å². The number of hydrogen-bond acceptors (Lipinski definition) is 4. The topological polar surface area (TPSA) is 15.3 Å². The first-order valence-electron chi connectivity index (χ1n) is 6.73. The Bertz CT molecular complexity index is 468. The Labute approximate surface area is 117 Å². The van der Waals surface area contributed by atoms with Crippen LogP contribution in [0.15, 0.2) is 17.5 Å². The third-order valence-corrected chi connectivity index (χ3v) is 5.64. The zero-order valence-electron chi connectivity index (χ0n) is 10.8. The van der Waals surface area contributed by atoms with E-state index in [9.17, 15) is 0 Å². The SMILES string of the molecule is CC(CN1CCCC1)NCc1cc2sccc2s1. The lowest BCUT2D eigenvalue weighted by atomic mass is 10.3. The molecule has 98 valence electrons. The Morgan fingerprint density at radius 3 is 2.94 bits per heavy atom. The first kappa shape index (κ1) is 12.6. The number of rotatable bonds is 5. The predicted octanol–water partition coefficient (Wildman–Crippen LogP) is 3.54. The number of fused-ring (bicyclic) bond motifs is 1. The number of nitrogens with zero attached hydrogens (tertiary/aromatic N) is 1. The first-order valence-corrected chi connectivity index (χ1v) is 8.42. The molecule has 2 aromatic heterocycles. The number of nitrogens with one attached hydrogen (secondary N) is 1. The van der Waals surface area contributed by atoms with Gasteiger partial charge in [0, 0.05) is 33.4 Å². The zero-order valence-corrected chi connectivity index (χ0v) is 12.4. The van der Waals surface area contributed by atoms with Crippen LogP contribution in [0, 0.1) is 0 Å². The number of likely N-dealkylation sites (tertiary alicyclic amines) is 1. The summed E-state index contributed by atoms with van der Waals surface area (Å²) in [7, 11) is 0. The molecule has 2 aromatic rings. The molecule has 0 saturated carbocycles. The first-order chi connectivity index (χ1) is 8.81. The van der Waals surface area contributed by atoms with Gasteiger partial charge >= 0.3 is 0 Å². The van der Waals surface area contributed by atoms with E-state index in [1.165, 1.54) is 46.8 Å². The van der Waals surface area contributed by atoms with Gasteiger partial charge in [-0.2, -0.15) is 0 Å². The minimum atomic E-state index is 0.586. The zero-order chi connectivity index (χ0) is 12.4. The van der Waals surface area contributed by atoms with Gasteiger partial charge in [-0.05, 0) is 50.4 Å². The highest BCUT2D eigenvalue weighted by Gasteiger charge is 2.14. The van der Waals surface area contributed by atoms with E-state index in [0.717, 1.165) is 6.54 Å². The average molecular weight is 280 g/mol. The van der Waals surface area contributed by atoms with Crippen molar-refractivity contribution in [2.24, 2.45) is 0 Å². The summed E-state index contributed by atoms with van der Waals surface area (Å²) in [6, 6.07) is 5.14. The van der Waals surface area contributed by atoms with Gasteiger partial charge < -0.3 is 10.2 Å². The molecule has 0 spiro atoms. The molecular formula is C14H20N2S2. The molecule has 0 bridgehead atoms. The van der Waals surface area contributed by atoms with E-state index < -0.39 is 0 Å². The van der Waals surface area contributed by atoms with Crippen LogP contribution in [0.3, 0.4) is 0 Å². The second kappa shape index (κ2) is 5.70. The highest BCUT2D eigenvalue weighted by atomic mass is 32.1. The van der Waals surface area contributed by atoms with Gasteiger partial charge in [-0.3, -0.25) is 0 Å². The summed E-state index contributed by atoms with van der Waals surface area (Å²) in [5.41, 5.74) is 0. The van der Waals surface area contributed by atoms with Crippen LogP contribution in [0.25, 0.3) is 9.40 Å². The van der Waals surface area contributed by atoms with Gasteiger partial charge in [0.15, 0.2) is 0 Å². The van der Waals surface area contributed by atoms with Crippen molar-refractivity contribution in [1.82, 2.24) is 10.2 Å². The summed E-state index contributed by atoms with van der Waals surface area (Å²) in [5.74, 6) is 0.